The van der Waals surface area contributed by atoms with E-state index >= 15 is 0 Å². The first-order chi connectivity index (χ1) is 10.7. The summed E-state index contributed by atoms with van der Waals surface area (Å²) in [6.07, 6.45) is 1.35. The highest BCUT2D eigenvalue weighted by Gasteiger charge is 2.15. The molecule has 0 unspecified atom stereocenters. The number of benzene rings is 1. The highest BCUT2D eigenvalue weighted by molar-refractivity contribution is 5.78. The third-order valence-electron chi connectivity index (χ3n) is 2.97. The summed E-state index contributed by atoms with van der Waals surface area (Å²) in [6, 6.07) is 11.8. The third kappa shape index (κ3) is 3.41. The monoisotopic (exact) mass is 293 g/mol. The molecule has 7 nitrogen and oxygen atoms in total. The minimum absolute atomic E-state index is 0.0264. The molecule has 1 aromatic heterocycles. The Bertz CT molecular complexity index is 726. The zero-order chi connectivity index (χ0) is 15.9. The van der Waals surface area contributed by atoms with Crippen molar-refractivity contribution in [3.63, 3.8) is 0 Å². The minimum Gasteiger partial charge on any atom is -0.393 e. The summed E-state index contributed by atoms with van der Waals surface area (Å²) in [6.45, 7) is 2.04. The fraction of sp³-hybridized carbons (Fsp3) is 0.200. The Morgan fingerprint density at radius 3 is 2.59 bits per heavy atom. The maximum Gasteiger partial charge on any atom is 0.159 e. The molecule has 0 aliphatic rings. The molecule has 0 aliphatic carbocycles. The van der Waals surface area contributed by atoms with Gasteiger partial charge in [-0.25, -0.2) is 9.97 Å². The lowest BCUT2D eigenvalue weighted by atomic mass is 10.2. The topological polar surface area (TPSA) is 115 Å². The molecule has 1 aromatic carbocycles. The first-order valence-electron chi connectivity index (χ1n) is 6.58. The van der Waals surface area contributed by atoms with E-state index in [0.29, 0.717) is 17.3 Å². The van der Waals surface area contributed by atoms with Gasteiger partial charge in [-0.15, -0.1) is 0 Å². The van der Waals surface area contributed by atoms with Gasteiger partial charge in [0.25, 0.3) is 0 Å². The van der Waals surface area contributed by atoms with Gasteiger partial charge in [-0.1, -0.05) is 12.1 Å². The van der Waals surface area contributed by atoms with Crippen LogP contribution in [0.3, 0.4) is 0 Å². The maximum absolute atomic E-state index is 8.85. The normalized spacial score (nSPS) is 9.59. The van der Waals surface area contributed by atoms with Gasteiger partial charge >= 0.3 is 0 Å². The SMILES string of the molecule is Cc1cccc(Nc2ncnc(N(CC#N)CC#N)c2N)c1. The molecule has 0 aliphatic heterocycles. The molecule has 0 radical (unpaired) electrons. The molecule has 2 aromatic rings. The average molecular weight is 293 g/mol. The minimum atomic E-state index is 0.0264. The van der Waals surface area contributed by atoms with Crippen LogP contribution in [0.4, 0.5) is 23.0 Å². The smallest absolute Gasteiger partial charge is 0.159 e. The maximum atomic E-state index is 8.85. The molecule has 2 rings (SSSR count). The van der Waals surface area contributed by atoms with Crippen LogP contribution in [0.25, 0.3) is 0 Å². The third-order valence-corrected chi connectivity index (χ3v) is 2.97. The second kappa shape index (κ2) is 6.91. The summed E-state index contributed by atoms with van der Waals surface area (Å²) in [5, 5.41) is 20.8. The number of hydrogen-bond donors (Lipinski definition) is 2. The summed E-state index contributed by atoms with van der Waals surface area (Å²) in [5.41, 5.74) is 8.34. The molecular formula is C15H15N7. The van der Waals surface area contributed by atoms with E-state index in [4.69, 9.17) is 16.3 Å². The van der Waals surface area contributed by atoms with Gasteiger partial charge in [0.05, 0.1) is 12.1 Å². The van der Waals surface area contributed by atoms with Gasteiger partial charge in [0.1, 0.15) is 25.1 Å². The number of nitrogen functional groups attached to an aromatic ring is 1. The Balaban J connectivity index is 2.33. The van der Waals surface area contributed by atoms with Gasteiger partial charge in [0.15, 0.2) is 11.6 Å². The van der Waals surface area contributed by atoms with E-state index in [1.165, 1.54) is 11.2 Å². The van der Waals surface area contributed by atoms with Gasteiger partial charge in [0, 0.05) is 5.69 Å². The van der Waals surface area contributed by atoms with Crippen molar-refractivity contribution in [2.75, 3.05) is 29.0 Å². The van der Waals surface area contributed by atoms with Crippen LogP contribution in [0.1, 0.15) is 5.56 Å². The Labute approximate surface area is 128 Å². The van der Waals surface area contributed by atoms with Gasteiger partial charge < -0.3 is 16.0 Å². The molecule has 0 atom stereocenters. The summed E-state index contributed by atoms with van der Waals surface area (Å²) in [5.74, 6) is 0.810. The number of rotatable bonds is 5. The lowest BCUT2D eigenvalue weighted by Crippen LogP contribution is -2.26. The average Bonchev–Trinajstić information content (AvgIpc) is 2.49. The molecule has 3 N–H and O–H groups in total. The van der Waals surface area contributed by atoms with Crippen molar-refractivity contribution in [1.82, 2.24) is 9.97 Å². The first-order valence-corrected chi connectivity index (χ1v) is 6.58. The van der Waals surface area contributed by atoms with Crippen LogP contribution in [0.2, 0.25) is 0 Å². The molecule has 0 fully saturated rings. The lowest BCUT2D eigenvalue weighted by Gasteiger charge is -2.20. The van der Waals surface area contributed by atoms with Crippen LogP contribution >= 0.6 is 0 Å². The van der Waals surface area contributed by atoms with Crippen molar-refractivity contribution >= 4 is 23.0 Å². The van der Waals surface area contributed by atoms with E-state index in [-0.39, 0.29) is 13.1 Å². The first kappa shape index (κ1) is 15.1. The van der Waals surface area contributed by atoms with Crippen LogP contribution < -0.4 is 16.0 Å². The van der Waals surface area contributed by atoms with Crippen molar-refractivity contribution in [1.29, 1.82) is 10.5 Å². The quantitative estimate of drug-likeness (QED) is 0.810. The number of nitriles is 2. The van der Waals surface area contributed by atoms with Crippen LogP contribution in [-0.2, 0) is 0 Å². The number of nitrogens with zero attached hydrogens (tertiary/aromatic N) is 5. The number of nitrogens with one attached hydrogen (secondary N) is 1. The molecule has 0 bridgehead atoms. The predicted octanol–water partition coefficient (Wildman–Crippen LogP) is 1.96. The van der Waals surface area contributed by atoms with E-state index in [9.17, 15) is 0 Å². The fourth-order valence-corrected chi connectivity index (χ4v) is 1.97. The van der Waals surface area contributed by atoms with Crippen molar-refractivity contribution in [2.24, 2.45) is 0 Å². The van der Waals surface area contributed by atoms with Crippen LogP contribution in [0.5, 0.6) is 0 Å². The van der Waals surface area contributed by atoms with Crippen molar-refractivity contribution in [2.45, 2.75) is 6.92 Å². The van der Waals surface area contributed by atoms with E-state index in [1.807, 2.05) is 43.3 Å². The van der Waals surface area contributed by atoms with Gasteiger partial charge in [-0.2, -0.15) is 10.5 Å². The molecule has 110 valence electrons. The van der Waals surface area contributed by atoms with E-state index < -0.39 is 0 Å². The highest BCUT2D eigenvalue weighted by atomic mass is 15.2. The van der Waals surface area contributed by atoms with Crippen molar-refractivity contribution < 1.29 is 0 Å². The fourth-order valence-electron chi connectivity index (χ4n) is 1.97. The summed E-state index contributed by atoms with van der Waals surface area (Å²) in [7, 11) is 0. The van der Waals surface area contributed by atoms with Gasteiger partial charge in [0.2, 0.25) is 0 Å². The molecular weight excluding hydrogens is 278 g/mol. The Hall–Kier alpha value is -3.32. The van der Waals surface area contributed by atoms with Gasteiger partial charge in [-0.05, 0) is 24.6 Å². The number of aromatic nitrogens is 2. The van der Waals surface area contributed by atoms with E-state index in [2.05, 4.69) is 15.3 Å². The standard InChI is InChI=1S/C15H15N7/c1-11-3-2-4-12(9-11)21-14-13(18)15(20-10-19-14)22(7-5-16)8-6-17/h2-4,9-10H,7-8,18H2,1H3,(H,19,20,21). The lowest BCUT2D eigenvalue weighted by molar-refractivity contribution is 0.930. The Kier molecular flexibility index (Phi) is 4.74. The summed E-state index contributed by atoms with van der Waals surface area (Å²) in [4.78, 5) is 9.71. The molecule has 0 spiro atoms. The molecule has 22 heavy (non-hydrogen) atoms. The molecule has 7 heteroatoms. The zero-order valence-electron chi connectivity index (χ0n) is 12.1. The Morgan fingerprint density at radius 1 is 1.23 bits per heavy atom. The number of nitrogens with two attached hydrogens (primary N) is 1. The number of hydrogen-bond acceptors (Lipinski definition) is 7. The zero-order valence-corrected chi connectivity index (χ0v) is 12.1. The van der Waals surface area contributed by atoms with E-state index in [0.717, 1.165) is 11.3 Å². The second-order valence-corrected chi connectivity index (χ2v) is 4.63. The van der Waals surface area contributed by atoms with Gasteiger partial charge in [-0.3, -0.25) is 0 Å². The second-order valence-electron chi connectivity index (χ2n) is 4.63. The molecule has 0 amide bonds. The van der Waals surface area contributed by atoms with E-state index in [1.54, 1.807) is 0 Å². The van der Waals surface area contributed by atoms with Crippen molar-refractivity contribution in [3.05, 3.63) is 36.2 Å². The molecule has 0 saturated heterocycles. The van der Waals surface area contributed by atoms with Crippen LogP contribution in [0, 0.1) is 29.6 Å². The number of aryl methyl sites for hydroxylation is 1. The Morgan fingerprint density at radius 2 is 1.95 bits per heavy atom. The van der Waals surface area contributed by atoms with Crippen molar-refractivity contribution in [3.8, 4) is 12.1 Å². The predicted molar refractivity (Wildman–Crippen MR) is 84.3 cm³/mol. The molecule has 1 heterocycles. The van der Waals surface area contributed by atoms with Crippen LogP contribution in [0.15, 0.2) is 30.6 Å². The largest absolute Gasteiger partial charge is 0.393 e. The summed E-state index contributed by atoms with van der Waals surface area (Å²) < 4.78 is 0. The molecule has 0 saturated carbocycles. The summed E-state index contributed by atoms with van der Waals surface area (Å²) >= 11 is 0. The number of anilines is 4. The van der Waals surface area contributed by atoms with Crippen LogP contribution in [-0.4, -0.2) is 23.1 Å². The highest BCUT2D eigenvalue weighted by Crippen LogP contribution is 2.28.